The lowest BCUT2D eigenvalue weighted by Gasteiger charge is -2.32. The van der Waals surface area contributed by atoms with Crippen LogP contribution in [0, 0.1) is 0 Å². The maximum absolute atomic E-state index is 13.7. The number of likely N-dealkylation sites (N-methyl/N-ethyl adjacent to an activating group) is 1. The molecule has 1 fully saturated rings. The van der Waals surface area contributed by atoms with Crippen LogP contribution in [-0.4, -0.2) is 78.7 Å². The van der Waals surface area contributed by atoms with Gasteiger partial charge in [0.25, 0.3) is 11.5 Å². The van der Waals surface area contributed by atoms with E-state index in [9.17, 15) is 9.59 Å². The molecular weight excluding hydrogens is 474 g/mol. The molecule has 1 saturated heterocycles. The van der Waals surface area contributed by atoms with Gasteiger partial charge in [0, 0.05) is 44.3 Å². The van der Waals surface area contributed by atoms with E-state index in [1.807, 2.05) is 42.5 Å². The maximum Gasteiger partial charge on any atom is 0.265 e. The number of hydrogen-bond acceptors (Lipinski definition) is 7. The quantitative estimate of drug-likeness (QED) is 0.371. The highest BCUT2D eigenvalue weighted by atomic mass is 32.1. The summed E-state index contributed by atoms with van der Waals surface area (Å²) < 4.78 is 8.16. The van der Waals surface area contributed by atoms with Gasteiger partial charge in [0.1, 0.15) is 10.3 Å². The third-order valence-electron chi connectivity index (χ3n) is 6.75. The third kappa shape index (κ3) is 4.86. The number of piperazine rings is 1. The fourth-order valence-corrected chi connectivity index (χ4v) is 5.97. The van der Waals surface area contributed by atoms with Gasteiger partial charge in [0.05, 0.1) is 29.6 Å². The molecule has 188 valence electrons. The zero-order chi connectivity index (χ0) is 25.1. The second-order valence-corrected chi connectivity index (χ2v) is 10.2. The number of thiophene rings is 1. The molecule has 1 aromatic carbocycles. The minimum atomic E-state index is -0.203. The van der Waals surface area contributed by atoms with E-state index in [-0.39, 0.29) is 11.5 Å². The zero-order valence-corrected chi connectivity index (χ0v) is 21.5. The number of hydrogen-bond donors (Lipinski definition) is 1. The monoisotopic (exact) mass is 505 g/mol. The lowest BCUT2D eigenvalue weighted by Crippen LogP contribution is -2.45. The van der Waals surface area contributed by atoms with E-state index < -0.39 is 0 Å². The summed E-state index contributed by atoms with van der Waals surface area (Å²) in [5.74, 6) is 0.142. The van der Waals surface area contributed by atoms with Crippen LogP contribution in [0.15, 0.2) is 53.5 Å². The number of ether oxygens (including phenoxy) is 1. The second-order valence-electron chi connectivity index (χ2n) is 9.15. The first-order valence-corrected chi connectivity index (χ1v) is 13.1. The molecule has 9 heteroatoms. The number of aromatic nitrogens is 2. The van der Waals surface area contributed by atoms with Gasteiger partial charge >= 0.3 is 0 Å². The number of fused-ring (bicyclic) bond motifs is 3. The smallest absolute Gasteiger partial charge is 0.265 e. The molecule has 1 N–H and O–H groups in total. The summed E-state index contributed by atoms with van der Waals surface area (Å²) in [6.07, 6.45) is 2.60. The predicted octanol–water partition coefficient (Wildman–Crippen LogP) is 3.04. The Bertz CT molecular complexity index is 1420. The molecule has 3 aromatic heterocycles. The van der Waals surface area contributed by atoms with Crippen LogP contribution in [0.1, 0.15) is 21.8 Å². The number of pyridine rings is 2. The number of nitrogens with zero attached hydrogens (tertiary/aromatic N) is 4. The lowest BCUT2D eigenvalue weighted by molar-refractivity contribution is 0.0951. The van der Waals surface area contributed by atoms with Gasteiger partial charge < -0.3 is 24.4 Å². The fourth-order valence-electron chi connectivity index (χ4n) is 4.76. The van der Waals surface area contributed by atoms with Crippen LogP contribution in [0.4, 0.5) is 0 Å². The van der Waals surface area contributed by atoms with E-state index in [4.69, 9.17) is 4.74 Å². The van der Waals surface area contributed by atoms with Crippen LogP contribution in [0.2, 0.25) is 0 Å². The zero-order valence-electron chi connectivity index (χ0n) is 20.7. The van der Waals surface area contributed by atoms with Crippen LogP contribution >= 0.6 is 11.3 Å². The van der Waals surface area contributed by atoms with E-state index >= 15 is 0 Å². The number of methoxy groups -OCH3 is 1. The summed E-state index contributed by atoms with van der Waals surface area (Å²) in [6.45, 7) is 6.16. The average Bonchev–Trinajstić information content (AvgIpc) is 3.31. The Morgan fingerprint density at radius 1 is 1.11 bits per heavy atom. The first kappa shape index (κ1) is 24.4. The van der Waals surface area contributed by atoms with Crippen molar-refractivity contribution in [3.63, 3.8) is 0 Å². The normalized spacial score (nSPS) is 14.9. The standard InChI is InChI=1S/C27H31N5O3S/c1-30-14-16-31(17-15-30)13-7-12-29-26(33)25-23(35-2)22-24(36-25)20-9-3-4-10-21(20)32(27(22)34)18-19-8-5-6-11-28-19/h3-6,8-11H,7,12-18H2,1-2H3,(H,29,33). The number of rotatable bonds is 8. The van der Waals surface area contributed by atoms with E-state index in [0.717, 1.165) is 60.4 Å². The highest BCUT2D eigenvalue weighted by molar-refractivity contribution is 7.22. The van der Waals surface area contributed by atoms with Crippen molar-refractivity contribution in [3.8, 4) is 5.75 Å². The maximum atomic E-state index is 13.7. The number of benzene rings is 1. The summed E-state index contributed by atoms with van der Waals surface area (Å²) in [6, 6.07) is 13.4. The van der Waals surface area contributed by atoms with Crippen molar-refractivity contribution in [3.05, 3.63) is 69.6 Å². The highest BCUT2D eigenvalue weighted by Crippen LogP contribution is 2.39. The van der Waals surface area contributed by atoms with Crippen molar-refractivity contribution in [2.45, 2.75) is 13.0 Å². The number of carbonyl (C=O) groups is 1. The van der Waals surface area contributed by atoms with E-state index in [0.29, 0.717) is 29.1 Å². The Morgan fingerprint density at radius 2 is 1.89 bits per heavy atom. The van der Waals surface area contributed by atoms with Crippen molar-refractivity contribution in [2.75, 3.05) is 53.4 Å². The Balaban J connectivity index is 1.43. The third-order valence-corrected chi connectivity index (χ3v) is 7.96. The van der Waals surface area contributed by atoms with Crippen LogP contribution in [0.5, 0.6) is 5.75 Å². The molecule has 0 bridgehead atoms. The fraction of sp³-hybridized carbons (Fsp3) is 0.370. The van der Waals surface area contributed by atoms with Crippen LogP contribution in [0.25, 0.3) is 21.0 Å². The molecule has 1 aliphatic heterocycles. The second kappa shape index (κ2) is 10.8. The minimum Gasteiger partial charge on any atom is -0.494 e. The van der Waals surface area contributed by atoms with Gasteiger partial charge in [-0.25, -0.2) is 0 Å². The van der Waals surface area contributed by atoms with Crippen molar-refractivity contribution in [1.82, 2.24) is 24.7 Å². The molecule has 0 atom stereocenters. The van der Waals surface area contributed by atoms with E-state index in [2.05, 4.69) is 27.1 Å². The molecule has 1 amide bonds. The van der Waals surface area contributed by atoms with Crippen LogP contribution < -0.4 is 15.6 Å². The summed E-state index contributed by atoms with van der Waals surface area (Å²) in [4.78, 5) is 36.5. The summed E-state index contributed by atoms with van der Waals surface area (Å²) in [5.41, 5.74) is 1.41. The number of nitrogens with one attached hydrogen (secondary N) is 1. The molecule has 0 saturated carbocycles. The number of para-hydroxylation sites is 1. The van der Waals surface area contributed by atoms with E-state index in [1.165, 1.54) is 18.4 Å². The summed E-state index contributed by atoms with van der Waals surface area (Å²) >= 11 is 1.32. The van der Waals surface area contributed by atoms with Gasteiger partial charge in [-0.15, -0.1) is 11.3 Å². The molecule has 36 heavy (non-hydrogen) atoms. The lowest BCUT2D eigenvalue weighted by atomic mass is 10.1. The molecule has 0 spiro atoms. The van der Waals surface area contributed by atoms with Crippen molar-refractivity contribution >= 4 is 38.2 Å². The van der Waals surface area contributed by atoms with Crippen LogP contribution in [0.3, 0.4) is 0 Å². The van der Waals surface area contributed by atoms with Gasteiger partial charge in [-0.3, -0.25) is 14.6 Å². The average molecular weight is 506 g/mol. The molecule has 0 radical (unpaired) electrons. The van der Waals surface area contributed by atoms with Crippen molar-refractivity contribution in [2.24, 2.45) is 0 Å². The largest absolute Gasteiger partial charge is 0.494 e. The highest BCUT2D eigenvalue weighted by Gasteiger charge is 2.25. The first-order valence-electron chi connectivity index (χ1n) is 12.3. The molecule has 0 aliphatic carbocycles. The minimum absolute atomic E-state index is 0.184. The van der Waals surface area contributed by atoms with Gasteiger partial charge in [-0.1, -0.05) is 24.3 Å². The molecule has 4 aromatic rings. The van der Waals surface area contributed by atoms with Gasteiger partial charge in [-0.05, 0) is 38.2 Å². The Kier molecular flexibility index (Phi) is 7.31. The molecule has 5 rings (SSSR count). The first-order chi connectivity index (χ1) is 17.6. The topological polar surface area (TPSA) is 79.7 Å². The van der Waals surface area contributed by atoms with Crippen molar-refractivity contribution in [1.29, 1.82) is 0 Å². The van der Waals surface area contributed by atoms with Crippen LogP contribution in [-0.2, 0) is 6.54 Å². The number of amides is 1. The molecule has 4 heterocycles. The van der Waals surface area contributed by atoms with Crippen molar-refractivity contribution < 1.29 is 9.53 Å². The Hall–Kier alpha value is -3.27. The number of carbonyl (C=O) groups excluding carboxylic acids is 1. The molecular formula is C27H31N5O3S. The Labute approximate surface area is 214 Å². The Morgan fingerprint density at radius 3 is 2.64 bits per heavy atom. The van der Waals surface area contributed by atoms with Gasteiger partial charge in [-0.2, -0.15) is 0 Å². The van der Waals surface area contributed by atoms with E-state index in [1.54, 1.807) is 10.8 Å². The molecule has 1 aliphatic rings. The summed E-state index contributed by atoms with van der Waals surface area (Å²) in [7, 11) is 3.66. The van der Waals surface area contributed by atoms with Gasteiger partial charge in [0.2, 0.25) is 0 Å². The molecule has 8 nitrogen and oxygen atoms in total. The molecule has 0 unspecified atom stereocenters. The predicted molar refractivity (Wildman–Crippen MR) is 144 cm³/mol. The summed E-state index contributed by atoms with van der Waals surface area (Å²) in [5, 5.41) is 4.40. The SMILES string of the molecule is COc1c(C(=O)NCCCN2CCN(C)CC2)sc2c1c(=O)n(Cc1ccccn1)c1ccccc21. The van der Waals surface area contributed by atoms with Gasteiger partial charge in [0.15, 0.2) is 5.75 Å².